The summed E-state index contributed by atoms with van der Waals surface area (Å²) < 4.78 is 10.7. The highest BCUT2D eigenvalue weighted by Crippen LogP contribution is 2.28. The van der Waals surface area contributed by atoms with Crippen molar-refractivity contribution in [1.29, 1.82) is 0 Å². The van der Waals surface area contributed by atoms with E-state index >= 15 is 0 Å². The van der Waals surface area contributed by atoms with Crippen molar-refractivity contribution in [3.63, 3.8) is 0 Å². The van der Waals surface area contributed by atoms with E-state index in [2.05, 4.69) is 0 Å². The number of fused-ring (bicyclic) bond motifs is 1. The first-order chi connectivity index (χ1) is 14.9. The number of piperidine rings is 1. The van der Waals surface area contributed by atoms with Crippen LogP contribution in [0.5, 0.6) is 5.75 Å². The van der Waals surface area contributed by atoms with Crippen LogP contribution in [0.1, 0.15) is 44.7 Å². The summed E-state index contributed by atoms with van der Waals surface area (Å²) in [5, 5.41) is 0.694. The first-order valence-corrected chi connectivity index (χ1v) is 10.4. The third-order valence-corrected chi connectivity index (χ3v) is 5.90. The third kappa shape index (κ3) is 3.98. The lowest BCUT2D eigenvalue weighted by Gasteiger charge is -2.32. The highest BCUT2D eigenvalue weighted by atomic mass is 16.5. The first kappa shape index (κ1) is 20.8. The number of para-hydroxylation sites is 1. The number of ether oxygens (including phenoxy) is 1. The van der Waals surface area contributed by atoms with Gasteiger partial charge in [-0.15, -0.1) is 0 Å². The van der Waals surface area contributed by atoms with Crippen molar-refractivity contribution in [1.82, 2.24) is 4.90 Å². The fraction of sp³-hybridized carbons (Fsp3) is 0.320. The number of methoxy groups -OCH3 is 1. The van der Waals surface area contributed by atoms with E-state index in [0.717, 1.165) is 16.9 Å². The van der Waals surface area contributed by atoms with E-state index in [-0.39, 0.29) is 29.7 Å². The highest BCUT2D eigenvalue weighted by molar-refractivity contribution is 6.00. The van der Waals surface area contributed by atoms with E-state index in [9.17, 15) is 14.4 Å². The zero-order valence-corrected chi connectivity index (χ0v) is 17.9. The van der Waals surface area contributed by atoms with Gasteiger partial charge in [0.2, 0.25) is 0 Å². The molecule has 0 N–H and O–H groups in total. The molecule has 31 heavy (non-hydrogen) atoms. The second-order valence-electron chi connectivity index (χ2n) is 8.08. The van der Waals surface area contributed by atoms with Gasteiger partial charge in [-0.3, -0.25) is 9.59 Å². The Bertz CT molecular complexity index is 1200. The van der Waals surface area contributed by atoms with Crippen LogP contribution in [0.15, 0.2) is 51.7 Å². The number of carbonyl (C=O) groups excluding carboxylic acids is 2. The molecule has 2 heterocycles. The predicted octanol–water partition coefficient (Wildman–Crippen LogP) is 4.15. The molecule has 0 bridgehead atoms. The second-order valence-corrected chi connectivity index (χ2v) is 8.08. The maximum atomic E-state index is 13.2. The molecular weight excluding hydrogens is 394 g/mol. The molecule has 0 saturated carbocycles. The largest absolute Gasteiger partial charge is 0.496 e. The average Bonchev–Trinajstić information content (AvgIpc) is 2.77. The van der Waals surface area contributed by atoms with Crippen molar-refractivity contribution < 1.29 is 18.7 Å². The Kier molecular flexibility index (Phi) is 5.63. The number of ketones is 1. The standard InChI is InChI=1S/C25H25NO5/c1-15-11-19(12-16(2)23(15)30-3)22(27)18-8-6-10-26(14-18)24(28)20-13-17-7-4-5-9-21(17)31-25(20)29/h4-5,7,9,11-13,18H,6,8,10,14H2,1-3H3/t18-/m0/s1. The number of amides is 1. The fourth-order valence-electron chi connectivity index (χ4n) is 4.41. The van der Waals surface area contributed by atoms with Crippen molar-refractivity contribution in [2.24, 2.45) is 5.92 Å². The molecule has 1 atom stereocenters. The number of Topliss-reactive ketones (excluding diaryl/α,β-unsaturated/α-hetero) is 1. The monoisotopic (exact) mass is 419 g/mol. The van der Waals surface area contributed by atoms with Crippen LogP contribution in [0.3, 0.4) is 0 Å². The molecule has 0 unspecified atom stereocenters. The maximum Gasteiger partial charge on any atom is 0.349 e. The highest BCUT2D eigenvalue weighted by Gasteiger charge is 2.31. The summed E-state index contributed by atoms with van der Waals surface area (Å²) in [6, 6.07) is 12.3. The molecular formula is C25H25NO5. The van der Waals surface area contributed by atoms with Crippen LogP contribution in [0.4, 0.5) is 0 Å². The molecule has 0 aliphatic carbocycles. The van der Waals surface area contributed by atoms with Gasteiger partial charge in [-0.25, -0.2) is 4.79 Å². The number of benzene rings is 2. The topological polar surface area (TPSA) is 76.8 Å². The van der Waals surface area contributed by atoms with Gasteiger partial charge in [-0.2, -0.15) is 0 Å². The molecule has 1 fully saturated rings. The normalized spacial score (nSPS) is 16.4. The molecule has 3 aromatic rings. The number of rotatable bonds is 4. The van der Waals surface area contributed by atoms with Gasteiger partial charge in [-0.1, -0.05) is 18.2 Å². The minimum atomic E-state index is -0.654. The van der Waals surface area contributed by atoms with E-state index in [0.29, 0.717) is 35.9 Å². The van der Waals surface area contributed by atoms with Crippen molar-refractivity contribution in [3.05, 3.63) is 75.1 Å². The van der Waals surface area contributed by atoms with Crippen molar-refractivity contribution in [3.8, 4) is 5.75 Å². The van der Waals surface area contributed by atoms with Crippen molar-refractivity contribution in [2.45, 2.75) is 26.7 Å². The summed E-state index contributed by atoms with van der Waals surface area (Å²) in [6.07, 6.45) is 1.41. The van der Waals surface area contributed by atoms with Gasteiger partial charge in [0.25, 0.3) is 5.91 Å². The van der Waals surface area contributed by atoms with E-state index in [1.54, 1.807) is 36.3 Å². The molecule has 160 valence electrons. The van der Waals surface area contributed by atoms with Crippen LogP contribution in [0, 0.1) is 19.8 Å². The van der Waals surface area contributed by atoms with E-state index in [1.165, 1.54) is 0 Å². The van der Waals surface area contributed by atoms with Crippen LogP contribution in [0.2, 0.25) is 0 Å². The summed E-state index contributed by atoms with van der Waals surface area (Å²) >= 11 is 0. The zero-order valence-electron chi connectivity index (χ0n) is 17.9. The molecule has 4 rings (SSSR count). The predicted molar refractivity (Wildman–Crippen MR) is 118 cm³/mol. The van der Waals surface area contributed by atoms with Gasteiger partial charge >= 0.3 is 5.63 Å². The lowest BCUT2D eigenvalue weighted by atomic mass is 9.88. The van der Waals surface area contributed by atoms with Crippen molar-refractivity contribution in [2.75, 3.05) is 20.2 Å². The summed E-state index contributed by atoms with van der Waals surface area (Å²) in [5.74, 6) is 0.0911. The second kappa shape index (κ2) is 8.38. The van der Waals surface area contributed by atoms with Gasteiger partial charge < -0.3 is 14.1 Å². The Morgan fingerprint density at radius 2 is 1.81 bits per heavy atom. The Morgan fingerprint density at radius 1 is 1.10 bits per heavy atom. The smallest absolute Gasteiger partial charge is 0.349 e. The van der Waals surface area contributed by atoms with Gasteiger partial charge in [0.15, 0.2) is 5.78 Å². The van der Waals surface area contributed by atoms with Crippen LogP contribution in [-0.4, -0.2) is 36.8 Å². The Labute approximate surface area is 180 Å². The summed E-state index contributed by atoms with van der Waals surface area (Å²) in [5.41, 5.74) is 2.23. The molecule has 2 aromatic carbocycles. The van der Waals surface area contributed by atoms with Crippen LogP contribution >= 0.6 is 0 Å². The minimum absolute atomic E-state index is 0.00272. The van der Waals surface area contributed by atoms with Crippen LogP contribution < -0.4 is 10.4 Å². The lowest BCUT2D eigenvalue weighted by molar-refractivity contribution is 0.0633. The van der Waals surface area contributed by atoms with Gasteiger partial charge in [0, 0.05) is 30.0 Å². The number of hydrogen-bond donors (Lipinski definition) is 0. The van der Waals surface area contributed by atoms with Gasteiger partial charge in [0.05, 0.1) is 7.11 Å². The molecule has 1 amide bonds. The molecule has 1 aliphatic heterocycles. The minimum Gasteiger partial charge on any atom is -0.496 e. The number of carbonyl (C=O) groups is 2. The molecule has 0 spiro atoms. The van der Waals surface area contributed by atoms with Crippen LogP contribution in [0.25, 0.3) is 11.0 Å². The molecule has 0 radical (unpaired) electrons. The van der Waals surface area contributed by atoms with E-state index < -0.39 is 5.63 Å². The number of aryl methyl sites for hydroxylation is 2. The zero-order chi connectivity index (χ0) is 22.1. The fourth-order valence-corrected chi connectivity index (χ4v) is 4.41. The van der Waals surface area contributed by atoms with Crippen LogP contribution in [-0.2, 0) is 0 Å². The van der Waals surface area contributed by atoms with Gasteiger partial charge in [0.1, 0.15) is 16.9 Å². The lowest BCUT2D eigenvalue weighted by Crippen LogP contribution is -2.43. The Hall–Kier alpha value is -3.41. The molecule has 1 aromatic heterocycles. The van der Waals surface area contributed by atoms with E-state index in [1.807, 2.05) is 32.0 Å². The Balaban J connectivity index is 1.57. The molecule has 6 heteroatoms. The summed E-state index contributed by atoms with van der Waals surface area (Å²) in [6.45, 7) is 4.63. The molecule has 6 nitrogen and oxygen atoms in total. The number of likely N-dealkylation sites (tertiary alicyclic amines) is 1. The summed E-state index contributed by atoms with van der Waals surface area (Å²) in [7, 11) is 1.62. The first-order valence-electron chi connectivity index (χ1n) is 10.4. The third-order valence-electron chi connectivity index (χ3n) is 5.90. The van der Waals surface area contributed by atoms with Gasteiger partial charge in [-0.05, 0) is 62.1 Å². The maximum absolute atomic E-state index is 13.2. The summed E-state index contributed by atoms with van der Waals surface area (Å²) in [4.78, 5) is 40.3. The molecule has 1 aliphatic rings. The Morgan fingerprint density at radius 3 is 2.52 bits per heavy atom. The molecule has 1 saturated heterocycles. The van der Waals surface area contributed by atoms with Crippen molar-refractivity contribution >= 4 is 22.7 Å². The average molecular weight is 419 g/mol. The quantitative estimate of drug-likeness (QED) is 0.469. The number of nitrogens with zero attached hydrogens (tertiary/aromatic N) is 1. The number of hydrogen-bond acceptors (Lipinski definition) is 5. The van der Waals surface area contributed by atoms with E-state index in [4.69, 9.17) is 9.15 Å². The SMILES string of the molecule is COc1c(C)cc(C(=O)[C@H]2CCCN(C(=O)c3cc4ccccc4oc3=O)C2)cc1C.